The van der Waals surface area contributed by atoms with Crippen LogP contribution in [-0.2, 0) is 12.8 Å². The molecule has 0 bridgehead atoms. The molecule has 1 aliphatic carbocycles. The predicted molar refractivity (Wildman–Crippen MR) is 97.4 cm³/mol. The highest BCUT2D eigenvalue weighted by Gasteiger charge is 2.13. The highest BCUT2D eigenvalue weighted by Crippen LogP contribution is 2.31. The summed E-state index contributed by atoms with van der Waals surface area (Å²) in [6, 6.07) is 13.5. The van der Waals surface area contributed by atoms with Crippen molar-refractivity contribution in [1.82, 2.24) is 9.38 Å². The Morgan fingerprint density at radius 2 is 1.87 bits per heavy atom. The van der Waals surface area contributed by atoms with Crippen LogP contribution in [0.15, 0.2) is 42.6 Å². The molecule has 2 nitrogen and oxygen atoms in total. The molecule has 114 valence electrons. The van der Waals surface area contributed by atoms with Gasteiger partial charge < -0.3 is 0 Å². The van der Waals surface area contributed by atoms with Crippen molar-refractivity contribution in [3.8, 4) is 11.3 Å². The van der Waals surface area contributed by atoms with Gasteiger partial charge in [-0.1, -0.05) is 29.5 Å². The van der Waals surface area contributed by atoms with Crippen molar-refractivity contribution < 1.29 is 0 Å². The molecule has 23 heavy (non-hydrogen) atoms. The van der Waals surface area contributed by atoms with Crippen LogP contribution in [0, 0.1) is 6.92 Å². The van der Waals surface area contributed by atoms with E-state index < -0.39 is 0 Å². The van der Waals surface area contributed by atoms with Gasteiger partial charge in [0, 0.05) is 11.8 Å². The Balaban J connectivity index is 1.65. The molecule has 0 aliphatic heterocycles. The third-order valence-electron chi connectivity index (χ3n) is 4.89. The van der Waals surface area contributed by atoms with E-state index in [0.29, 0.717) is 0 Å². The Hall–Kier alpha value is -2.13. The van der Waals surface area contributed by atoms with Gasteiger partial charge in [-0.15, -0.1) is 0 Å². The summed E-state index contributed by atoms with van der Waals surface area (Å²) in [5.41, 5.74) is 7.95. The molecular weight excluding hydrogens is 300 g/mol. The van der Waals surface area contributed by atoms with E-state index in [4.69, 9.17) is 4.98 Å². The normalized spacial score (nSPS) is 14.5. The van der Waals surface area contributed by atoms with Crippen LogP contribution in [0.3, 0.4) is 0 Å². The third kappa shape index (κ3) is 2.11. The standard InChI is InChI=1S/C20H18N2S/c1-13-6-9-18-19(10-13)23-20-21-17(12-22(18)20)16-8-7-14-4-2-3-5-15(14)11-16/h6-12H,2-5H2,1H3. The van der Waals surface area contributed by atoms with Gasteiger partial charge in [-0.3, -0.25) is 4.40 Å². The molecule has 0 radical (unpaired) electrons. The molecule has 2 aromatic carbocycles. The number of hydrogen-bond acceptors (Lipinski definition) is 2. The molecule has 0 spiro atoms. The molecule has 0 saturated carbocycles. The zero-order valence-corrected chi connectivity index (χ0v) is 14.0. The van der Waals surface area contributed by atoms with E-state index in [1.807, 2.05) is 0 Å². The number of aryl methyl sites for hydroxylation is 3. The fourth-order valence-electron chi connectivity index (χ4n) is 3.64. The van der Waals surface area contributed by atoms with Crippen molar-refractivity contribution in [2.45, 2.75) is 32.6 Å². The molecule has 2 aromatic heterocycles. The zero-order valence-electron chi connectivity index (χ0n) is 13.2. The largest absolute Gasteiger partial charge is 0.290 e. The maximum absolute atomic E-state index is 4.88. The smallest absolute Gasteiger partial charge is 0.195 e. The van der Waals surface area contributed by atoms with Crippen LogP contribution >= 0.6 is 11.3 Å². The fourth-order valence-corrected chi connectivity index (χ4v) is 4.75. The second-order valence-electron chi connectivity index (χ2n) is 6.54. The number of rotatable bonds is 1. The Kier molecular flexibility index (Phi) is 2.86. The number of benzene rings is 2. The van der Waals surface area contributed by atoms with Crippen LogP contribution in [0.4, 0.5) is 0 Å². The van der Waals surface area contributed by atoms with Gasteiger partial charge in [-0.25, -0.2) is 4.98 Å². The SMILES string of the molecule is Cc1ccc2c(c1)sc1nc(-c3ccc4c(c3)CCCC4)cn12. The molecule has 0 unspecified atom stereocenters. The topological polar surface area (TPSA) is 17.3 Å². The van der Waals surface area contributed by atoms with E-state index in [1.165, 1.54) is 58.2 Å². The van der Waals surface area contributed by atoms with E-state index in [0.717, 1.165) is 10.7 Å². The third-order valence-corrected chi connectivity index (χ3v) is 5.91. The number of nitrogens with zero attached hydrogens (tertiary/aromatic N) is 2. The van der Waals surface area contributed by atoms with Crippen LogP contribution in [0.2, 0.25) is 0 Å². The molecule has 2 heterocycles. The van der Waals surface area contributed by atoms with Gasteiger partial charge in [-0.2, -0.15) is 0 Å². The average molecular weight is 318 g/mol. The first-order valence-corrected chi connectivity index (χ1v) is 9.10. The summed E-state index contributed by atoms with van der Waals surface area (Å²) in [5.74, 6) is 0. The average Bonchev–Trinajstić information content (AvgIpc) is 3.11. The first-order chi connectivity index (χ1) is 11.3. The Labute approximate surface area is 139 Å². The molecule has 0 saturated heterocycles. The number of thiazole rings is 1. The summed E-state index contributed by atoms with van der Waals surface area (Å²) in [7, 11) is 0. The van der Waals surface area contributed by atoms with Crippen LogP contribution in [0.1, 0.15) is 29.5 Å². The maximum atomic E-state index is 4.88. The van der Waals surface area contributed by atoms with Crippen LogP contribution in [0.5, 0.6) is 0 Å². The summed E-state index contributed by atoms with van der Waals surface area (Å²) in [4.78, 5) is 5.96. The highest BCUT2D eigenvalue weighted by molar-refractivity contribution is 7.23. The van der Waals surface area contributed by atoms with Gasteiger partial charge in [0.25, 0.3) is 0 Å². The van der Waals surface area contributed by atoms with Crippen LogP contribution in [-0.4, -0.2) is 9.38 Å². The van der Waals surface area contributed by atoms with Crippen molar-refractivity contribution in [1.29, 1.82) is 0 Å². The summed E-state index contributed by atoms with van der Waals surface area (Å²) in [5, 5.41) is 0. The molecule has 0 amide bonds. The van der Waals surface area contributed by atoms with E-state index in [2.05, 4.69) is 53.9 Å². The van der Waals surface area contributed by atoms with Gasteiger partial charge >= 0.3 is 0 Å². The van der Waals surface area contributed by atoms with Gasteiger partial charge in [0.1, 0.15) is 0 Å². The predicted octanol–water partition coefficient (Wildman–Crippen LogP) is 5.40. The first kappa shape index (κ1) is 13.3. The lowest BCUT2D eigenvalue weighted by atomic mass is 9.90. The molecule has 1 aliphatic rings. The van der Waals surface area contributed by atoms with Crippen molar-refractivity contribution in [3.63, 3.8) is 0 Å². The number of imidazole rings is 1. The quantitative estimate of drug-likeness (QED) is 0.459. The monoisotopic (exact) mass is 318 g/mol. The maximum Gasteiger partial charge on any atom is 0.195 e. The minimum absolute atomic E-state index is 1.08. The lowest BCUT2D eigenvalue weighted by Gasteiger charge is -2.15. The van der Waals surface area contributed by atoms with Gasteiger partial charge in [0.15, 0.2) is 4.96 Å². The van der Waals surface area contributed by atoms with E-state index in [1.54, 1.807) is 11.3 Å². The summed E-state index contributed by atoms with van der Waals surface area (Å²) < 4.78 is 3.54. The van der Waals surface area contributed by atoms with E-state index >= 15 is 0 Å². The molecule has 0 atom stereocenters. The molecule has 0 fully saturated rings. The van der Waals surface area contributed by atoms with Crippen molar-refractivity contribution in [3.05, 3.63) is 59.3 Å². The Morgan fingerprint density at radius 1 is 1.00 bits per heavy atom. The molecular formula is C20H18N2S. The molecule has 5 rings (SSSR count). The second kappa shape index (κ2) is 4.93. The highest BCUT2D eigenvalue weighted by atomic mass is 32.1. The minimum atomic E-state index is 1.08. The van der Waals surface area contributed by atoms with E-state index in [-0.39, 0.29) is 0 Å². The van der Waals surface area contributed by atoms with Gasteiger partial charge in [0.2, 0.25) is 0 Å². The van der Waals surface area contributed by atoms with Crippen LogP contribution < -0.4 is 0 Å². The fraction of sp³-hybridized carbons (Fsp3) is 0.250. The number of aromatic nitrogens is 2. The first-order valence-electron chi connectivity index (χ1n) is 8.28. The van der Waals surface area contributed by atoms with Crippen molar-refractivity contribution in [2.75, 3.05) is 0 Å². The van der Waals surface area contributed by atoms with Crippen molar-refractivity contribution >= 4 is 26.5 Å². The summed E-state index contributed by atoms with van der Waals surface area (Å²) in [6.07, 6.45) is 7.29. The molecule has 4 aromatic rings. The summed E-state index contributed by atoms with van der Waals surface area (Å²) in [6.45, 7) is 2.14. The lowest BCUT2D eigenvalue weighted by molar-refractivity contribution is 0.686. The molecule has 3 heteroatoms. The van der Waals surface area contributed by atoms with Crippen LogP contribution in [0.25, 0.3) is 26.4 Å². The second-order valence-corrected chi connectivity index (χ2v) is 7.55. The van der Waals surface area contributed by atoms with Gasteiger partial charge in [-0.05, 0) is 67.5 Å². The van der Waals surface area contributed by atoms with Gasteiger partial charge in [0.05, 0.1) is 15.9 Å². The zero-order chi connectivity index (χ0) is 15.4. The number of hydrogen-bond donors (Lipinski definition) is 0. The minimum Gasteiger partial charge on any atom is -0.290 e. The number of fused-ring (bicyclic) bond motifs is 4. The summed E-state index contributed by atoms with van der Waals surface area (Å²) >= 11 is 1.77. The Morgan fingerprint density at radius 3 is 2.78 bits per heavy atom. The van der Waals surface area contributed by atoms with E-state index in [9.17, 15) is 0 Å². The Bertz CT molecular complexity index is 1040. The lowest BCUT2D eigenvalue weighted by Crippen LogP contribution is -2.02. The molecule has 0 N–H and O–H groups in total. The van der Waals surface area contributed by atoms with Crippen molar-refractivity contribution in [2.24, 2.45) is 0 Å².